The fourth-order valence-electron chi connectivity index (χ4n) is 1.70. The Morgan fingerprint density at radius 1 is 1.29 bits per heavy atom. The van der Waals surface area contributed by atoms with Crippen LogP contribution in [0.5, 0.6) is 11.5 Å². The number of halogens is 1. The summed E-state index contributed by atoms with van der Waals surface area (Å²) in [5, 5.41) is 11.7. The highest BCUT2D eigenvalue weighted by Gasteiger charge is 2.04. The summed E-state index contributed by atoms with van der Waals surface area (Å²) in [5.41, 5.74) is 6.82. The molecule has 7 heteroatoms. The average Bonchev–Trinajstić information content (AvgIpc) is 2.47. The number of nitrogens with two attached hydrogens (primary N) is 1. The van der Waals surface area contributed by atoms with Crippen molar-refractivity contribution in [2.75, 3.05) is 33.9 Å². The van der Waals surface area contributed by atoms with E-state index in [0.717, 1.165) is 17.7 Å². The monoisotopic (exact) mass is 409 g/mol. The number of hydrogen-bond donors (Lipinski definition) is 3. The number of nitrogens with zero attached hydrogens (tertiary/aromatic N) is 1. The van der Waals surface area contributed by atoms with Gasteiger partial charge in [0.05, 0.1) is 14.2 Å². The molecule has 6 nitrogen and oxygen atoms in total. The SMILES string of the molecule is COc1ccc(CCNC(N)=NCCCO)cc1OC.I. The van der Waals surface area contributed by atoms with Gasteiger partial charge in [0.15, 0.2) is 17.5 Å². The number of nitrogens with one attached hydrogen (secondary N) is 1. The fraction of sp³-hybridized carbons (Fsp3) is 0.500. The predicted octanol–water partition coefficient (Wildman–Crippen LogP) is 1.15. The molecular formula is C14H24IN3O3. The van der Waals surface area contributed by atoms with Crippen molar-refractivity contribution in [1.82, 2.24) is 5.32 Å². The molecule has 0 bridgehead atoms. The third kappa shape index (κ3) is 7.37. The minimum absolute atomic E-state index is 0. The molecule has 1 aromatic carbocycles. The van der Waals surface area contributed by atoms with E-state index in [1.807, 2.05) is 18.2 Å². The second kappa shape index (κ2) is 11.4. The number of aliphatic hydroxyl groups is 1. The number of aliphatic imine (C=N–C) groups is 1. The molecule has 120 valence electrons. The van der Waals surface area contributed by atoms with E-state index in [1.165, 1.54) is 0 Å². The van der Waals surface area contributed by atoms with Crippen LogP contribution in [0.3, 0.4) is 0 Å². The topological polar surface area (TPSA) is 89.1 Å². The van der Waals surface area contributed by atoms with Gasteiger partial charge in [-0.2, -0.15) is 0 Å². The molecule has 4 N–H and O–H groups in total. The van der Waals surface area contributed by atoms with Crippen molar-refractivity contribution in [3.63, 3.8) is 0 Å². The Morgan fingerprint density at radius 3 is 2.62 bits per heavy atom. The number of benzene rings is 1. The molecule has 0 radical (unpaired) electrons. The Morgan fingerprint density at radius 2 is 2.00 bits per heavy atom. The van der Waals surface area contributed by atoms with Crippen molar-refractivity contribution in [3.8, 4) is 11.5 Å². The number of methoxy groups -OCH3 is 2. The molecular weight excluding hydrogens is 385 g/mol. The molecule has 0 aliphatic carbocycles. The van der Waals surface area contributed by atoms with Gasteiger partial charge in [-0.15, -0.1) is 24.0 Å². The summed E-state index contributed by atoms with van der Waals surface area (Å²) in [7, 11) is 3.23. The van der Waals surface area contributed by atoms with Crippen LogP contribution in [-0.2, 0) is 6.42 Å². The Balaban J connectivity index is 0.00000400. The van der Waals surface area contributed by atoms with Gasteiger partial charge in [-0.25, -0.2) is 0 Å². The summed E-state index contributed by atoms with van der Waals surface area (Å²) in [6.07, 6.45) is 1.43. The summed E-state index contributed by atoms with van der Waals surface area (Å²) >= 11 is 0. The molecule has 0 heterocycles. The van der Waals surface area contributed by atoms with Gasteiger partial charge in [-0.1, -0.05) is 6.07 Å². The molecule has 0 spiro atoms. The first-order valence-corrected chi connectivity index (χ1v) is 6.56. The highest BCUT2D eigenvalue weighted by atomic mass is 127. The maximum absolute atomic E-state index is 8.64. The van der Waals surface area contributed by atoms with Crippen molar-refractivity contribution in [3.05, 3.63) is 23.8 Å². The molecule has 0 atom stereocenters. The number of rotatable bonds is 8. The van der Waals surface area contributed by atoms with Crippen molar-refractivity contribution >= 4 is 29.9 Å². The first-order chi connectivity index (χ1) is 9.71. The molecule has 0 amide bonds. The quantitative estimate of drug-likeness (QED) is 0.260. The van der Waals surface area contributed by atoms with Gasteiger partial charge in [0.1, 0.15) is 0 Å². The lowest BCUT2D eigenvalue weighted by molar-refractivity contribution is 0.291. The molecule has 0 saturated heterocycles. The second-order valence-corrected chi connectivity index (χ2v) is 4.21. The zero-order valence-corrected chi connectivity index (χ0v) is 14.8. The molecule has 0 aliphatic heterocycles. The molecule has 0 saturated carbocycles. The van der Waals surface area contributed by atoms with Crippen LogP contribution >= 0.6 is 24.0 Å². The van der Waals surface area contributed by atoms with Gasteiger partial charge in [0, 0.05) is 19.7 Å². The summed E-state index contributed by atoms with van der Waals surface area (Å²) in [6.45, 7) is 1.35. The lowest BCUT2D eigenvalue weighted by Gasteiger charge is -2.10. The minimum Gasteiger partial charge on any atom is -0.493 e. The summed E-state index contributed by atoms with van der Waals surface area (Å²) in [4.78, 5) is 4.08. The maximum Gasteiger partial charge on any atom is 0.188 e. The van der Waals surface area contributed by atoms with Gasteiger partial charge in [0.25, 0.3) is 0 Å². The molecule has 0 unspecified atom stereocenters. The zero-order valence-electron chi connectivity index (χ0n) is 12.5. The molecule has 0 aromatic heterocycles. The molecule has 0 aliphatic rings. The van der Waals surface area contributed by atoms with Crippen molar-refractivity contribution < 1.29 is 14.6 Å². The van der Waals surface area contributed by atoms with E-state index in [-0.39, 0.29) is 30.6 Å². The molecule has 21 heavy (non-hydrogen) atoms. The minimum atomic E-state index is 0. The third-order valence-corrected chi connectivity index (χ3v) is 2.77. The molecule has 1 aromatic rings. The van der Waals surface area contributed by atoms with E-state index in [1.54, 1.807) is 14.2 Å². The van der Waals surface area contributed by atoms with Crippen LogP contribution in [0.1, 0.15) is 12.0 Å². The summed E-state index contributed by atoms with van der Waals surface area (Å²) in [6, 6.07) is 5.81. The molecule has 1 rings (SSSR count). The number of hydrogen-bond acceptors (Lipinski definition) is 4. The number of aliphatic hydroxyl groups excluding tert-OH is 1. The van der Waals surface area contributed by atoms with Crippen LogP contribution < -0.4 is 20.5 Å². The first kappa shape index (κ1) is 19.8. The Labute approximate surface area is 142 Å². The van der Waals surface area contributed by atoms with Crippen molar-refractivity contribution in [2.24, 2.45) is 10.7 Å². The smallest absolute Gasteiger partial charge is 0.188 e. The summed E-state index contributed by atoms with van der Waals surface area (Å²) in [5.74, 6) is 1.84. The first-order valence-electron chi connectivity index (χ1n) is 6.56. The average molecular weight is 409 g/mol. The lowest BCUT2D eigenvalue weighted by Crippen LogP contribution is -2.33. The van der Waals surface area contributed by atoms with Crippen LogP contribution in [0.15, 0.2) is 23.2 Å². The van der Waals surface area contributed by atoms with Crippen LogP contribution in [0.4, 0.5) is 0 Å². The van der Waals surface area contributed by atoms with E-state index in [2.05, 4.69) is 10.3 Å². The number of guanidine groups is 1. The maximum atomic E-state index is 8.64. The van der Waals surface area contributed by atoms with Crippen LogP contribution in [0.25, 0.3) is 0 Å². The van der Waals surface area contributed by atoms with Gasteiger partial charge < -0.3 is 25.6 Å². The van der Waals surface area contributed by atoms with Gasteiger partial charge in [0.2, 0.25) is 0 Å². The van der Waals surface area contributed by atoms with Gasteiger partial charge >= 0.3 is 0 Å². The van der Waals surface area contributed by atoms with E-state index in [9.17, 15) is 0 Å². The van der Waals surface area contributed by atoms with Crippen LogP contribution in [0, 0.1) is 0 Å². The van der Waals surface area contributed by atoms with E-state index in [0.29, 0.717) is 31.2 Å². The Bertz CT molecular complexity index is 441. The second-order valence-electron chi connectivity index (χ2n) is 4.21. The van der Waals surface area contributed by atoms with Gasteiger partial charge in [-0.05, 0) is 30.5 Å². The van der Waals surface area contributed by atoms with E-state index < -0.39 is 0 Å². The van der Waals surface area contributed by atoms with Crippen molar-refractivity contribution in [1.29, 1.82) is 0 Å². The fourth-order valence-corrected chi connectivity index (χ4v) is 1.70. The Kier molecular flexibility index (Phi) is 10.8. The highest BCUT2D eigenvalue weighted by molar-refractivity contribution is 14.0. The van der Waals surface area contributed by atoms with E-state index in [4.69, 9.17) is 20.3 Å². The lowest BCUT2D eigenvalue weighted by atomic mass is 10.1. The van der Waals surface area contributed by atoms with E-state index >= 15 is 0 Å². The Hall–Kier alpha value is -1.22. The number of ether oxygens (including phenoxy) is 2. The zero-order chi connectivity index (χ0) is 14.8. The van der Waals surface area contributed by atoms with Crippen LogP contribution in [0.2, 0.25) is 0 Å². The normalized spacial score (nSPS) is 10.7. The van der Waals surface area contributed by atoms with Gasteiger partial charge in [-0.3, -0.25) is 4.99 Å². The highest BCUT2D eigenvalue weighted by Crippen LogP contribution is 2.27. The largest absolute Gasteiger partial charge is 0.493 e. The predicted molar refractivity (Wildman–Crippen MR) is 94.9 cm³/mol. The van der Waals surface area contributed by atoms with Crippen molar-refractivity contribution in [2.45, 2.75) is 12.8 Å². The molecule has 0 fully saturated rings. The van der Waals surface area contributed by atoms with Crippen LogP contribution in [-0.4, -0.2) is 45.0 Å². The summed E-state index contributed by atoms with van der Waals surface area (Å²) < 4.78 is 10.4. The standard InChI is InChI=1S/C14H23N3O3.HI/c1-19-12-5-4-11(10-13(12)20-2)6-8-17-14(15)16-7-3-9-18;/h4-5,10,18H,3,6-9H2,1-2H3,(H3,15,16,17);1H. The third-order valence-electron chi connectivity index (χ3n) is 2.77.